The first-order valence-electron chi connectivity index (χ1n) is 51.4. The second-order valence-electron chi connectivity index (χ2n) is 43.4. The van der Waals surface area contributed by atoms with Crippen LogP contribution in [0, 0.1) is 60.3 Å². The average Bonchev–Trinajstić information content (AvgIpc) is 1.60. The van der Waals surface area contributed by atoms with Crippen LogP contribution < -0.4 is 26.2 Å². The summed E-state index contributed by atoms with van der Waals surface area (Å²) in [5.41, 5.74) is 16.4. The van der Waals surface area contributed by atoms with Gasteiger partial charge in [0.25, 0.3) is 23.5 Å². The molecule has 5 aromatic heterocycles. The van der Waals surface area contributed by atoms with Gasteiger partial charge in [-0.05, 0) is 316 Å². The van der Waals surface area contributed by atoms with Crippen LogP contribution in [0.5, 0.6) is 0 Å². The van der Waals surface area contributed by atoms with Crippen LogP contribution in [0.1, 0.15) is 327 Å². The highest BCUT2D eigenvalue weighted by atomic mass is 16.4. The van der Waals surface area contributed by atoms with Crippen molar-refractivity contribution in [1.82, 2.24) is 54.5 Å². The number of allylic oxidation sites excluding steroid dienone is 6. The normalized spacial score (nSPS) is 23.5. The SMILES string of the molecule is [C-]#[N+]c1c[nH]c(C(=O)Nc2ccc(C3(O)CCC(C(=O)O)CC3)cc2C2=CCC(C)(C)CC2)c1.[C-]#[N+]c1c[nH]c(C(=O)Nc2ccc(C3CCC(C(=O)O)CC3)cc2C2=CCC(C)(C)CC2)c1.[C-]#[N+]c1cnc(C(=O)Nc2ccc(C3(N4CCN(C)CC4)CCCC3)nc2C2=CCC3(CCCC3)CC2)[nH]1.[C-]#[N+]c1cnc(C(=O)Nc2ccc(C3CCC(N4CCN(C)CC4)CC3)cc2N2CCC(C)CC2)[nH]1. The largest absolute Gasteiger partial charge is 0.481 e. The number of imidazole rings is 2. The highest BCUT2D eigenvalue weighted by molar-refractivity contribution is 6.07. The zero-order valence-corrected chi connectivity index (χ0v) is 83.2. The van der Waals surface area contributed by atoms with Crippen molar-refractivity contribution in [3.05, 3.63) is 230 Å². The summed E-state index contributed by atoms with van der Waals surface area (Å²) in [5, 5.41) is 42.2. The van der Waals surface area contributed by atoms with E-state index in [1.807, 2.05) is 24.3 Å². The summed E-state index contributed by atoms with van der Waals surface area (Å²) in [5.74, 6) is -0.873. The predicted octanol–water partition coefficient (Wildman–Crippen LogP) is 23.1. The number of carboxylic acids is 2. The third-order valence-electron chi connectivity index (χ3n) is 32.8. The number of hydrogen-bond donors (Lipinski definition) is 11. The minimum atomic E-state index is -1.08. The van der Waals surface area contributed by atoms with Crippen LogP contribution in [-0.4, -0.2) is 191 Å². The molecule has 742 valence electrons. The van der Waals surface area contributed by atoms with Crippen LogP contribution in [0.15, 0.2) is 122 Å². The van der Waals surface area contributed by atoms with E-state index in [1.165, 1.54) is 163 Å². The maximum atomic E-state index is 13.1. The number of pyridine rings is 1. The molecule has 8 heterocycles. The predicted molar refractivity (Wildman–Crippen MR) is 553 cm³/mol. The van der Waals surface area contributed by atoms with Crippen molar-refractivity contribution < 1.29 is 44.1 Å². The van der Waals surface area contributed by atoms with E-state index in [9.17, 15) is 44.1 Å². The molecule has 8 fully saturated rings. The quantitative estimate of drug-likeness (QED) is 0.0316. The second-order valence-corrected chi connectivity index (χ2v) is 43.4. The number of benzene rings is 3. The third-order valence-corrected chi connectivity index (χ3v) is 32.8. The van der Waals surface area contributed by atoms with E-state index in [0.29, 0.717) is 84.2 Å². The maximum absolute atomic E-state index is 13.1. The molecule has 3 aromatic carbocycles. The van der Waals surface area contributed by atoms with Crippen molar-refractivity contribution in [3.63, 3.8) is 0 Å². The molecule has 11 N–H and O–H groups in total. The second kappa shape index (κ2) is 44.7. The van der Waals surface area contributed by atoms with Gasteiger partial charge in [-0.3, -0.25) is 48.5 Å². The van der Waals surface area contributed by atoms with Gasteiger partial charge in [0.15, 0.2) is 0 Å². The Morgan fingerprint density at radius 2 is 0.929 bits per heavy atom. The maximum Gasteiger partial charge on any atom is 0.314 e. The van der Waals surface area contributed by atoms with Gasteiger partial charge in [0, 0.05) is 106 Å². The minimum Gasteiger partial charge on any atom is -0.481 e. The number of piperazine rings is 2. The van der Waals surface area contributed by atoms with E-state index in [2.05, 4.69) is 204 Å². The zero-order chi connectivity index (χ0) is 99.3. The van der Waals surface area contributed by atoms with Gasteiger partial charge in [-0.2, -0.15) is 0 Å². The molecule has 0 radical (unpaired) electrons. The number of aliphatic carboxylic acids is 2. The molecule has 5 saturated carbocycles. The van der Waals surface area contributed by atoms with Crippen molar-refractivity contribution in [2.45, 2.75) is 263 Å². The molecular formula is C112H140N20O9. The third kappa shape index (κ3) is 24.6. The number of piperidine rings is 1. The number of aromatic amines is 4. The number of H-pyrrole nitrogens is 4. The lowest BCUT2D eigenvalue weighted by molar-refractivity contribution is -0.145. The fourth-order valence-corrected chi connectivity index (χ4v) is 23.3. The van der Waals surface area contributed by atoms with Crippen molar-refractivity contribution in [1.29, 1.82) is 0 Å². The number of carboxylic acid groups (broad SMARTS) is 2. The zero-order valence-electron chi connectivity index (χ0n) is 83.2. The minimum absolute atomic E-state index is 0.0218. The monoisotopic (exact) mass is 1910 g/mol. The number of anilines is 5. The van der Waals surface area contributed by atoms with Gasteiger partial charge in [0.1, 0.15) is 0 Å². The van der Waals surface area contributed by atoms with Gasteiger partial charge in [0.05, 0.1) is 88.4 Å². The first-order chi connectivity index (χ1) is 67.8. The Kier molecular flexibility index (Phi) is 32.1. The summed E-state index contributed by atoms with van der Waals surface area (Å²) < 4.78 is 0. The smallest absolute Gasteiger partial charge is 0.314 e. The molecule has 3 aliphatic heterocycles. The fourth-order valence-electron chi connectivity index (χ4n) is 23.3. The summed E-state index contributed by atoms with van der Waals surface area (Å²) >= 11 is 0. The summed E-state index contributed by atoms with van der Waals surface area (Å²) in [7, 11) is 4.43. The van der Waals surface area contributed by atoms with Crippen LogP contribution in [-0.2, 0) is 20.7 Å². The molecule has 4 amide bonds. The molecule has 1 spiro atoms. The highest BCUT2D eigenvalue weighted by Crippen LogP contribution is 2.53. The Hall–Kier alpha value is -12.6. The number of nitrogens with zero attached hydrogens (tertiary/aromatic N) is 12. The van der Waals surface area contributed by atoms with Crippen LogP contribution in [0.25, 0.3) is 36.1 Å². The van der Waals surface area contributed by atoms with Gasteiger partial charge in [0.2, 0.25) is 23.0 Å². The van der Waals surface area contributed by atoms with Crippen molar-refractivity contribution >= 4 is 104 Å². The Morgan fingerprint density at radius 1 is 0.461 bits per heavy atom. The number of aliphatic hydroxyl groups is 1. The highest BCUT2D eigenvalue weighted by Gasteiger charge is 2.46. The topological polar surface area (TPSA) is 347 Å². The molecule has 29 heteroatoms. The van der Waals surface area contributed by atoms with Gasteiger partial charge < -0.3 is 70.9 Å². The molecule has 8 aliphatic carbocycles. The average molecular weight is 1910 g/mol. The van der Waals surface area contributed by atoms with E-state index in [4.69, 9.17) is 31.3 Å². The van der Waals surface area contributed by atoms with E-state index in [-0.39, 0.29) is 69.2 Å². The molecule has 11 aliphatic rings. The number of likely N-dealkylation sites (N-methyl/N-ethyl adjacent to an activating group) is 2. The Morgan fingerprint density at radius 3 is 1.43 bits per heavy atom. The molecule has 0 atom stereocenters. The van der Waals surface area contributed by atoms with Crippen LogP contribution in [0.3, 0.4) is 0 Å². The van der Waals surface area contributed by atoms with Gasteiger partial charge in [-0.15, -0.1) is 0 Å². The Bertz CT molecular complexity index is 6110. The van der Waals surface area contributed by atoms with Crippen LogP contribution >= 0.6 is 0 Å². The molecule has 3 saturated heterocycles. The fraction of sp³-hybridized carbons (Fsp3) is 0.527. The van der Waals surface area contributed by atoms with E-state index >= 15 is 0 Å². The summed E-state index contributed by atoms with van der Waals surface area (Å²) in [4.78, 5) is 125. The van der Waals surface area contributed by atoms with E-state index in [1.54, 1.807) is 6.07 Å². The lowest BCUT2D eigenvalue weighted by Crippen LogP contribution is -2.54. The molecule has 8 aromatic rings. The molecule has 0 bridgehead atoms. The van der Waals surface area contributed by atoms with Crippen molar-refractivity contribution in [3.8, 4) is 0 Å². The molecule has 0 unspecified atom stereocenters. The number of amides is 4. The number of carbonyl (C=O) groups excluding carboxylic acids is 4. The van der Waals surface area contributed by atoms with Gasteiger partial charge in [-0.25, -0.2) is 24.6 Å². The summed E-state index contributed by atoms with van der Waals surface area (Å²) in [6.45, 7) is 50.9. The molecule has 19 rings (SSSR count). The number of hydrogen-bond acceptors (Lipinski definition) is 15. The number of nitrogens with one attached hydrogen (secondary N) is 8. The number of rotatable bonds is 20. The van der Waals surface area contributed by atoms with Crippen LogP contribution in [0.2, 0.25) is 0 Å². The number of carbonyl (C=O) groups is 6. The van der Waals surface area contributed by atoms with Crippen LogP contribution in [0.4, 0.5) is 51.4 Å². The lowest BCUT2D eigenvalue weighted by Gasteiger charge is -2.45. The lowest BCUT2D eigenvalue weighted by atomic mass is 9.73. The molecular weight excluding hydrogens is 1770 g/mol. The first-order valence-corrected chi connectivity index (χ1v) is 51.4. The van der Waals surface area contributed by atoms with Gasteiger partial charge >= 0.3 is 23.8 Å². The van der Waals surface area contributed by atoms with Crippen molar-refractivity contribution in [2.75, 3.05) is 106 Å². The van der Waals surface area contributed by atoms with E-state index in [0.717, 1.165) is 185 Å². The number of aromatic nitrogens is 7. The van der Waals surface area contributed by atoms with Gasteiger partial charge in [-0.1, -0.05) is 110 Å². The van der Waals surface area contributed by atoms with E-state index < -0.39 is 23.5 Å². The molecule has 141 heavy (non-hydrogen) atoms. The Balaban J connectivity index is 0.000000136. The summed E-state index contributed by atoms with van der Waals surface area (Å²) in [6, 6.07) is 26.5. The molecule has 29 nitrogen and oxygen atoms in total. The first kappa shape index (κ1) is 101. The Labute approximate surface area is 829 Å². The standard InChI is InChI=1S/C30H39N7O.C28H39N7O.C27H31N3O4.C27H31N3O3/c1-31-25-21-32-27(35-25)28(38)33-23-7-8-24(30(13-5-6-14-30)37-19-17-36(2)18-20-37)34-26(23)22-9-15-29(16-10-22)11-3-4-12-29;1-20-10-12-35(13-11-20)25-18-22(6-9-24(25)31-28(36)27-30-19-26(29-2)32-27)21-4-7-23(8-5-21)34-16-14-33(3)15-17-34;1-26(2)10-6-17(7-11-26)21-14-19(27(34)12-8-18(9-13-27)25(32)33)4-5-22(21)30-24(31)23-15-20(28-3)16-29-23;1-27(2)12-10-18(11-13-27)22-14-20(17-4-6-19(7-5-17)26(32)33)8-9-23(22)30-25(31)24-15-21(28-3)16-29-24/h7-9,21H,3-6,10-20H2,2H3,(H,32,35)(H,33,38);6,9,18-21,23H,4-5,7-8,10-17H2,1,3H3,(H,30,32)(H,31,36);4-6,14-16,18,29,34H,7-13H2,1-2H3,(H,30,31)(H,32,33);8-10,14-17,19,29H,4-7,11-13H2,1-2H3,(H,30,31)(H,32,33). The van der Waals surface area contributed by atoms with Crippen molar-refractivity contribution in [2.24, 2.45) is 34.0 Å². The summed E-state index contributed by atoms with van der Waals surface area (Å²) in [6.07, 6.45) is 44.2.